The van der Waals surface area contributed by atoms with Crippen molar-refractivity contribution in [1.82, 2.24) is 26.3 Å². The molecule has 4 N–H and O–H groups in total. The van der Waals surface area contributed by atoms with Gasteiger partial charge in [0.2, 0.25) is 23.6 Å². The number of aromatic nitrogens is 1. The van der Waals surface area contributed by atoms with Crippen LogP contribution < -0.4 is 21.3 Å². The molecule has 2 aromatic rings. The van der Waals surface area contributed by atoms with E-state index in [-0.39, 0.29) is 24.9 Å². The Balaban J connectivity index is 1.95. The molecule has 216 valence electrons. The summed E-state index contributed by atoms with van der Waals surface area (Å²) in [6, 6.07) is 11.3. The van der Waals surface area contributed by atoms with Crippen LogP contribution in [0.1, 0.15) is 52.3 Å². The lowest BCUT2D eigenvalue weighted by molar-refractivity contribution is -0.135. The molecule has 3 atom stereocenters. The van der Waals surface area contributed by atoms with Crippen LogP contribution in [0, 0.1) is 11.8 Å². The Kier molecular flexibility index (Phi) is 12.7. The van der Waals surface area contributed by atoms with E-state index in [2.05, 4.69) is 26.3 Å². The van der Waals surface area contributed by atoms with Crippen molar-refractivity contribution in [2.24, 2.45) is 11.8 Å². The highest BCUT2D eigenvalue weighted by Gasteiger charge is 2.31. The van der Waals surface area contributed by atoms with Gasteiger partial charge in [-0.15, -0.1) is 0 Å². The van der Waals surface area contributed by atoms with Crippen LogP contribution in [0.3, 0.4) is 0 Å². The number of nitrogens with zero attached hydrogens (tertiary/aromatic N) is 1. The molecule has 5 amide bonds. The van der Waals surface area contributed by atoms with Crippen molar-refractivity contribution < 1.29 is 28.7 Å². The Labute approximate surface area is 234 Å². The van der Waals surface area contributed by atoms with Gasteiger partial charge >= 0.3 is 6.09 Å². The van der Waals surface area contributed by atoms with Crippen molar-refractivity contribution in [1.29, 1.82) is 0 Å². The highest BCUT2D eigenvalue weighted by molar-refractivity contribution is 6.00. The number of ether oxygens (including phenoxy) is 1. The summed E-state index contributed by atoms with van der Waals surface area (Å²) in [5.41, 5.74) is 1.30. The fourth-order valence-corrected chi connectivity index (χ4v) is 3.72. The van der Waals surface area contributed by atoms with E-state index in [1.807, 2.05) is 44.2 Å². The lowest BCUT2D eigenvalue weighted by Gasteiger charge is -2.27. The molecule has 0 bridgehead atoms. The molecule has 40 heavy (non-hydrogen) atoms. The molecule has 0 unspecified atom stereocenters. The molecule has 0 saturated carbocycles. The summed E-state index contributed by atoms with van der Waals surface area (Å²) in [6.07, 6.45) is 1.02. The van der Waals surface area contributed by atoms with Crippen LogP contribution in [0.5, 0.6) is 0 Å². The number of amides is 5. The van der Waals surface area contributed by atoms with E-state index in [9.17, 15) is 24.0 Å². The molecule has 1 heterocycles. The zero-order valence-electron chi connectivity index (χ0n) is 23.6. The number of hydrogen-bond acceptors (Lipinski definition) is 7. The molecule has 0 aliphatic carbocycles. The Morgan fingerprint density at radius 3 is 2.08 bits per heavy atom. The van der Waals surface area contributed by atoms with Gasteiger partial charge in [-0.25, -0.2) is 4.79 Å². The standard InChI is InChI=1S/C29H39N5O6/c1-18(2)15-23(32-29(39)40-17-21-11-7-6-8-12-21)27(37)34-25(19(3)4)28(38)31-20(5)26(36)33-24(35)16-22-13-9-10-14-30-22/h6-14,18-20,23,25H,15-17H2,1-5H3,(H,31,38)(H,32,39)(H,34,37)(H,33,35,36)/t20-,23-,25-/m0/s1. The first-order chi connectivity index (χ1) is 19.0. The number of rotatable bonds is 13. The Morgan fingerprint density at radius 1 is 0.800 bits per heavy atom. The van der Waals surface area contributed by atoms with Crippen LogP contribution in [-0.2, 0) is 36.9 Å². The summed E-state index contributed by atoms with van der Waals surface area (Å²) in [6.45, 7) is 8.77. The summed E-state index contributed by atoms with van der Waals surface area (Å²) in [5.74, 6) is -2.68. The third kappa shape index (κ3) is 11.2. The quantitative estimate of drug-likeness (QED) is 0.296. The lowest BCUT2D eigenvalue weighted by Crippen LogP contribution is -2.58. The molecular formula is C29H39N5O6. The van der Waals surface area contributed by atoms with Gasteiger partial charge in [-0.2, -0.15) is 0 Å². The second-order valence-corrected chi connectivity index (χ2v) is 10.3. The van der Waals surface area contributed by atoms with Gasteiger partial charge in [-0.1, -0.05) is 64.1 Å². The minimum Gasteiger partial charge on any atom is -0.445 e. The first-order valence-corrected chi connectivity index (χ1v) is 13.3. The highest BCUT2D eigenvalue weighted by atomic mass is 16.5. The number of alkyl carbamates (subject to hydrolysis) is 1. The van der Waals surface area contributed by atoms with E-state index in [4.69, 9.17) is 4.74 Å². The van der Waals surface area contributed by atoms with Crippen LogP contribution in [0.25, 0.3) is 0 Å². The maximum Gasteiger partial charge on any atom is 0.408 e. The van der Waals surface area contributed by atoms with E-state index >= 15 is 0 Å². The minimum absolute atomic E-state index is 0.0457. The van der Waals surface area contributed by atoms with Gasteiger partial charge in [0, 0.05) is 11.9 Å². The maximum absolute atomic E-state index is 13.2. The molecule has 0 fully saturated rings. The van der Waals surface area contributed by atoms with Crippen LogP contribution in [0.2, 0.25) is 0 Å². The Bertz CT molecular complexity index is 1140. The predicted octanol–water partition coefficient (Wildman–Crippen LogP) is 2.25. The highest BCUT2D eigenvalue weighted by Crippen LogP contribution is 2.09. The molecule has 0 aliphatic heterocycles. The number of carbonyl (C=O) groups excluding carboxylic acids is 5. The fourth-order valence-electron chi connectivity index (χ4n) is 3.72. The number of imide groups is 1. The number of hydrogen-bond donors (Lipinski definition) is 4. The van der Waals surface area contributed by atoms with Gasteiger partial charge in [0.1, 0.15) is 24.7 Å². The second kappa shape index (κ2) is 16.0. The van der Waals surface area contributed by atoms with Crippen LogP contribution in [0.4, 0.5) is 4.79 Å². The van der Waals surface area contributed by atoms with E-state index in [0.717, 1.165) is 5.56 Å². The van der Waals surface area contributed by atoms with Crippen LogP contribution >= 0.6 is 0 Å². The topological polar surface area (TPSA) is 156 Å². The largest absolute Gasteiger partial charge is 0.445 e. The smallest absolute Gasteiger partial charge is 0.408 e. The fraction of sp³-hybridized carbons (Fsp3) is 0.448. The average molecular weight is 554 g/mol. The summed E-state index contributed by atoms with van der Waals surface area (Å²) in [4.78, 5) is 67.3. The van der Waals surface area contributed by atoms with Crippen molar-refractivity contribution in [3.63, 3.8) is 0 Å². The van der Waals surface area contributed by atoms with Crippen LogP contribution in [0.15, 0.2) is 54.7 Å². The van der Waals surface area contributed by atoms with Gasteiger partial charge in [0.25, 0.3) is 0 Å². The van der Waals surface area contributed by atoms with Crippen LogP contribution in [-0.4, -0.2) is 52.8 Å². The molecule has 1 aromatic carbocycles. The molecule has 2 rings (SSSR count). The van der Waals surface area contributed by atoms with Crippen molar-refractivity contribution in [2.45, 2.75) is 72.2 Å². The first kappa shape index (κ1) is 31.9. The summed E-state index contributed by atoms with van der Waals surface area (Å²) >= 11 is 0. The molecular weight excluding hydrogens is 514 g/mol. The second-order valence-electron chi connectivity index (χ2n) is 10.3. The molecule has 0 spiro atoms. The predicted molar refractivity (Wildman–Crippen MR) is 148 cm³/mol. The Hall–Kier alpha value is -4.28. The number of carbonyl (C=O) groups is 5. The third-order valence-corrected chi connectivity index (χ3v) is 5.86. The number of benzene rings is 1. The van der Waals surface area contributed by atoms with Gasteiger partial charge in [-0.3, -0.25) is 29.5 Å². The minimum atomic E-state index is -1.05. The summed E-state index contributed by atoms with van der Waals surface area (Å²) in [7, 11) is 0. The molecule has 11 nitrogen and oxygen atoms in total. The summed E-state index contributed by atoms with van der Waals surface area (Å²) < 4.78 is 5.25. The van der Waals surface area contributed by atoms with E-state index in [1.165, 1.54) is 6.92 Å². The molecule has 1 aromatic heterocycles. The average Bonchev–Trinajstić information content (AvgIpc) is 2.90. The maximum atomic E-state index is 13.2. The molecule has 0 radical (unpaired) electrons. The molecule has 0 aliphatic rings. The van der Waals surface area contributed by atoms with Crippen molar-refractivity contribution in [2.75, 3.05) is 0 Å². The number of nitrogens with one attached hydrogen (secondary N) is 4. The zero-order valence-corrected chi connectivity index (χ0v) is 23.6. The SMILES string of the molecule is CC(C)C[C@H](NC(=O)OCc1ccccc1)C(=O)N[C@H](C(=O)N[C@@H](C)C(=O)NC(=O)Cc1ccccn1)C(C)C. The van der Waals surface area contributed by atoms with Gasteiger partial charge in [-0.05, 0) is 42.9 Å². The summed E-state index contributed by atoms with van der Waals surface area (Å²) in [5, 5.41) is 10.1. The van der Waals surface area contributed by atoms with Gasteiger partial charge in [0.05, 0.1) is 6.42 Å². The molecule has 0 saturated heterocycles. The van der Waals surface area contributed by atoms with Crippen molar-refractivity contribution in [3.8, 4) is 0 Å². The van der Waals surface area contributed by atoms with Crippen molar-refractivity contribution in [3.05, 3.63) is 66.0 Å². The lowest BCUT2D eigenvalue weighted by atomic mass is 10.00. The monoisotopic (exact) mass is 553 g/mol. The van der Waals surface area contributed by atoms with Gasteiger partial charge < -0.3 is 20.7 Å². The van der Waals surface area contributed by atoms with Crippen molar-refractivity contribution >= 4 is 29.7 Å². The number of pyridine rings is 1. The normalized spacial score (nSPS) is 13.1. The molecule has 11 heteroatoms. The zero-order chi connectivity index (χ0) is 29.7. The first-order valence-electron chi connectivity index (χ1n) is 13.3. The third-order valence-electron chi connectivity index (χ3n) is 5.86. The van der Waals surface area contributed by atoms with Gasteiger partial charge in [0.15, 0.2) is 0 Å². The van der Waals surface area contributed by atoms with E-state index < -0.39 is 47.8 Å². The Morgan fingerprint density at radius 2 is 1.48 bits per heavy atom. The van der Waals surface area contributed by atoms with E-state index in [0.29, 0.717) is 12.1 Å². The van der Waals surface area contributed by atoms with E-state index in [1.54, 1.807) is 38.2 Å².